The molecule has 0 radical (unpaired) electrons. The van der Waals surface area contributed by atoms with E-state index in [0.717, 1.165) is 57.4 Å². The zero-order chi connectivity index (χ0) is 24.0. The van der Waals surface area contributed by atoms with Gasteiger partial charge in [-0.2, -0.15) is 0 Å². The average Bonchev–Trinajstić information content (AvgIpc) is 2.76. The van der Waals surface area contributed by atoms with Crippen LogP contribution in [0.2, 0.25) is 13.3 Å². The Morgan fingerprint density at radius 3 is 1.91 bits per heavy atom. The Labute approximate surface area is 198 Å². The van der Waals surface area contributed by atoms with E-state index in [4.69, 9.17) is 4.84 Å². The van der Waals surface area contributed by atoms with Crippen molar-refractivity contribution < 1.29 is 24.0 Å². The summed E-state index contributed by atoms with van der Waals surface area (Å²) in [6.45, 7) is 8.10. The van der Waals surface area contributed by atoms with E-state index >= 15 is 0 Å². The number of benzene rings is 1. The van der Waals surface area contributed by atoms with Gasteiger partial charge in [-0.15, -0.1) is 0 Å². The molecule has 0 unspecified atom stereocenters. The molecule has 0 heterocycles. The summed E-state index contributed by atoms with van der Waals surface area (Å²) in [5, 5.41) is 1.22. The summed E-state index contributed by atoms with van der Waals surface area (Å²) in [5.41, 5.74) is 0.931. The first-order valence-electron chi connectivity index (χ1n) is 11.9. The Bertz CT molecular complexity index is 728. The van der Waals surface area contributed by atoms with Crippen LogP contribution in [-0.2, 0) is 20.8 Å². The van der Waals surface area contributed by atoms with Crippen molar-refractivity contribution >= 4 is 31.9 Å². The predicted molar refractivity (Wildman–Crippen MR) is 134 cm³/mol. The Hall–Kier alpha value is -0.661. The number of carbonyl (C=O) groups excluding carboxylic acids is 1. The molecule has 1 aromatic rings. The van der Waals surface area contributed by atoms with Crippen LogP contribution in [0, 0.1) is 0 Å². The van der Waals surface area contributed by atoms with Gasteiger partial charge in [-0.05, 0) is 0 Å². The Morgan fingerprint density at radius 1 is 1.00 bits per heavy atom. The van der Waals surface area contributed by atoms with E-state index in [9.17, 15) is 19.1 Å². The number of rotatable bonds is 16. The zero-order valence-electron chi connectivity index (χ0n) is 20.3. The van der Waals surface area contributed by atoms with Gasteiger partial charge in [0.1, 0.15) is 0 Å². The minimum atomic E-state index is -4.42. The van der Waals surface area contributed by atoms with Crippen LogP contribution in [-0.4, -0.2) is 45.7 Å². The minimum absolute atomic E-state index is 0.0612. The fraction of sp³-hybridized carbons (Fsp3) is 0.625. The topological polar surface area (TPSA) is 87.1 Å². The Kier molecular flexibility index (Phi) is 14.0. The number of nitrogens with zero attached hydrogens (tertiary/aromatic N) is 1. The first-order valence-corrected chi connectivity index (χ1v) is 21.0. The van der Waals surface area contributed by atoms with Crippen LogP contribution in [0.1, 0.15) is 71.8 Å². The maximum atomic E-state index is 12.8. The first kappa shape index (κ1) is 29.4. The van der Waals surface area contributed by atoms with E-state index < -0.39 is 26.0 Å². The van der Waals surface area contributed by atoms with E-state index in [1.807, 2.05) is 30.3 Å². The molecule has 0 aliphatic heterocycles. The Morgan fingerprint density at radius 2 is 1.50 bits per heavy atom. The molecule has 0 aromatic heterocycles. The van der Waals surface area contributed by atoms with Crippen LogP contribution in [0.15, 0.2) is 39.7 Å². The van der Waals surface area contributed by atoms with Crippen LogP contribution in [0.25, 0.3) is 0 Å². The van der Waals surface area contributed by atoms with Gasteiger partial charge in [0, 0.05) is 0 Å². The van der Waals surface area contributed by atoms with E-state index in [1.54, 1.807) is 6.08 Å². The van der Waals surface area contributed by atoms with Crippen LogP contribution >= 0.6 is 7.60 Å². The van der Waals surface area contributed by atoms with Crippen LogP contribution in [0.5, 0.6) is 0 Å². The number of amides is 1. The molecular formula is C24H42NO5PSn. The number of hydrogen-bond acceptors (Lipinski definition) is 3. The van der Waals surface area contributed by atoms with Crippen molar-refractivity contribution in [3.05, 3.63) is 45.3 Å². The van der Waals surface area contributed by atoms with Crippen molar-refractivity contribution in [2.24, 2.45) is 0 Å². The summed E-state index contributed by atoms with van der Waals surface area (Å²) in [5.74, 6) is -0.279. The van der Waals surface area contributed by atoms with Gasteiger partial charge < -0.3 is 0 Å². The number of carbonyl (C=O) groups is 1. The van der Waals surface area contributed by atoms with E-state index in [0.29, 0.717) is 3.33 Å². The molecule has 0 spiro atoms. The molecule has 182 valence electrons. The molecule has 6 nitrogen and oxygen atoms in total. The van der Waals surface area contributed by atoms with E-state index in [-0.39, 0.29) is 19.1 Å². The number of hydrogen-bond donors (Lipinski definition) is 2. The molecule has 1 rings (SSSR count). The van der Waals surface area contributed by atoms with Crippen molar-refractivity contribution in [2.45, 2.75) is 86.1 Å². The third kappa shape index (κ3) is 10.1. The summed E-state index contributed by atoms with van der Waals surface area (Å²) in [7, 11) is -4.42. The predicted octanol–water partition coefficient (Wildman–Crippen LogP) is 6.42. The summed E-state index contributed by atoms with van der Waals surface area (Å²) < 4.78 is 16.0. The van der Waals surface area contributed by atoms with Gasteiger partial charge >= 0.3 is 199 Å². The average molecular weight is 574 g/mol. The molecule has 8 heteroatoms. The second-order valence-electron chi connectivity index (χ2n) is 8.56. The fourth-order valence-electron chi connectivity index (χ4n) is 4.12. The summed E-state index contributed by atoms with van der Waals surface area (Å²) in [6.07, 6.45) is 7.72. The third-order valence-corrected chi connectivity index (χ3v) is 27.3. The van der Waals surface area contributed by atoms with E-state index in [1.165, 1.54) is 12.0 Å². The quantitative estimate of drug-likeness (QED) is 0.135. The van der Waals surface area contributed by atoms with Crippen LogP contribution in [0.4, 0.5) is 0 Å². The second kappa shape index (κ2) is 15.3. The summed E-state index contributed by atoms with van der Waals surface area (Å²) in [6, 6.07) is 9.55. The standard InChI is InChI=1S/C12H15NO5P.3C4H9.Sn/c1-11(14)13(8-5-9-19(15,16)17)18-10-12-6-3-2-4-7-12;3*1-3-4-2;/h2-7H,8,10H2,1H3,(H2,15,16,17);3*1,3-4H2,2H3;. The van der Waals surface area contributed by atoms with Gasteiger partial charge in [0.15, 0.2) is 0 Å². The molecule has 0 bridgehead atoms. The molecule has 0 saturated heterocycles. The molecule has 1 amide bonds. The summed E-state index contributed by atoms with van der Waals surface area (Å²) in [4.78, 5) is 38.7. The first-order chi connectivity index (χ1) is 15.2. The van der Waals surface area contributed by atoms with Crippen molar-refractivity contribution in [2.75, 3.05) is 6.54 Å². The molecule has 0 atom stereocenters. The molecule has 0 saturated carbocycles. The maximum absolute atomic E-state index is 12.8. The zero-order valence-corrected chi connectivity index (χ0v) is 24.0. The molecular weight excluding hydrogens is 532 g/mol. The molecule has 0 fully saturated rings. The van der Waals surface area contributed by atoms with Crippen molar-refractivity contribution in [3.8, 4) is 0 Å². The molecule has 0 aliphatic rings. The van der Waals surface area contributed by atoms with Crippen LogP contribution in [0.3, 0.4) is 0 Å². The fourth-order valence-corrected chi connectivity index (χ4v) is 27.2. The number of unbranched alkanes of at least 4 members (excludes halogenated alkanes) is 3. The van der Waals surface area contributed by atoms with Crippen molar-refractivity contribution in [1.82, 2.24) is 5.06 Å². The number of hydroxylamine groups is 2. The monoisotopic (exact) mass is 575 g/mol. The van der Waals surface area contributed by atoms with Gasteiger partial charge in [-0.1, -0.05) is 0 Å². The molecule has 0 aliphatic carbocycles. The molecule has 32 heavy (non-hydrogen) atoms. The normalized spacial score (nSPS) is 12.8. The van der Waals surface area contributed by atoms with Crippen molar-refractivity contribution in [3.63, 3.8) is 0 Å². The SMILES string of the molecule is CCC[CH2][Sn]([CH2]CCC)([CH2]CCC)[C](=CCN(OCc1ccccc1)C(C)=O)P(=O)(O)O. The van der Waals surface area contributed by atoms with E-state index in [2.05, 4.69) is 20.8 Å². The van der Waals surface area contributed by atoms with Gasteiger partial charge in [0.05, 0.1) is 0 Å². The van der Waals surface area contributed by atoms with Gasteiger partial charge in [0.2, 0.25) is 0 Å². The second-order valence-corrected chi connectivity index (χ2v) is 24.5. The van der Waals surface area contributed by atoms with Gasteiger partial charge in [-0.25, -0.2) is 0 Å². The Balaban J connectivity index is 3.24. The summed E-state index contributed by atoms with van der Waals surface area (Å²) >= 11 is -3.36. The molecule has 2 N–H and O–H groups in total. The molecule has 1 aromatic carbocycles. The van der Waals surface area contributed by atoms with Gasteiger partial charge in [-0.3, -0.25) is 0 Å². The van der Waals surface area contributed by atoms with Crippen LogP contribution < -0.4 is 0 Å². The third-order valence-electron chi connectivity index (χ3n) is 5.92. The van der Waals surface area contributed by atoms with Crippen molar-refractivity contribution in [1.29, 1.82) is 0 Å². The van der Waals surface area contributed by atoms with Gasteiger partial charge in [0.25, 0.3) is 0 Å².